The first-order chi connectivity index (χ1) is 20.1. The number of nitrogens with one attached hydrogen (secondary N) is 2. The van der Waals surface area contributed by atoms with Crippen LogP contribution in [0.4, 0.5) is 0 Å². The van der Waals surface area contributed by atoms with Crippen LogP contribution >= 0.6 is 28.0 Å². The molecule has 3 N–H and O–H groups in total. The van der Waals surface area contributed by atoms with Gasteiger partial charge < -0.3 is 24.8 Å². The largest absolute Gasteiger partial charge is 0.479 e. The fraction of sp³-hybridized carbons (Fsp3) is 0.483. The van der Waals surface area contributed by atoms with E-state index in [1.807, 2.05) is 36.4 Å². The molecule has 11 nitrogen and oxygen atoms in total. The van der Waals surface area contributed by atoms with Crippen molar-refractivity contribution in [2.45, 2.75) is 60.7 Å². The monoisotopic (exact) mass is 657 g/mol. The standard InChI is InChI=1S/C29H32BrN5O6S/c1-34-11-10-22(33-34)25(36)31-24-21-12-16(21)4-2-3-5-17-14-29(17,28(39)40)32-26(37)23-13-19(15-35(23)27(24)38)41-42-20-8-6-18(30)7-9-20/h3,5-11,16-17,19,21,23-24H,2,4,12-15H2,1H3,(H,31,36)(H,32,37)(H,39,40)/b5-3-/t16?,17?,19?,21?,23?,24-,29+/m0/s1. The molecule has 0 spiro atoms. The van der Waals surface area contributed by atoms with Gasteiger partial charge in [0.05, 0.1) is 6.10 Å². The van der Waals surface area contributed by atoms with E-state index in [1.165, 1.54) is 9.58 Å². The number of aliphatic carboxylic acids is 1. The summed E-state index contributed by atoms with van der Waals surface area (Å²) < 4.78 is 8.54. The molecule has 5 unspecified atom stereocenters. The minimum absolute atomic E-state index is 0.0682. The fourth-order valence-corrected chi connectivity index (χ4v) is 7.00. The Labute approximate surface area is 255 Å². The summed E-state index contributed by atoms with van der Waals surface area (Å²) in [5.74, 6) is -2.57. The van der Waals surface area contributed by atoms with Gasteiger partial charge >= 0.3 is 5.97 Å². The molecule has 0 bridgehead atoms. The Kier molecular flexibility index (Phi) is 7.92. The van der Waals surface area contributed by atoms with Crippen molar-refractivity contribution >= 4 is 51.7 Å². The molecular weight excluding hydrogens is 626 g/mol. The summed E-state index contributed by atoms with van der Waals surface area (Å²) in [5.41, 5.74) is -1.18. The van der Waals surface area contributed by atoms with Gasteiger partial charge in [0.25, 0.3) is 5.91 Å². The Hall–Kier alpha value is -3.16. The number of nitrogens with zero attached hydrogens (tertiary/aromatic N) is 3. The first-order valence-electron chi connectivity index (χ1n) is 14.1. The molecule has 2 aromatic rings. The number of carbonyl (C=O) groups excluding carboxylic acids is 3. The topological polar surface area (TPSA) is 143 Å². The second kappa shape index (κ2) is 11.5. The quantitative estimate of drug-likeness (QED) is 0.318. The van der Waals surface area contributed by atoms with Gasteiger partial charge in [0, 0.05) is 53.5 Å². The number of allylic oxidation sites excluding steroid dienone is 1. The normalized spacial score (nSPS) is 33.0. The van der Waals surface area contributed by atoms with Gasteiger partial charge in [-0.2, -0.15) is 5.10 Å². The van der Waals surface area contributed by atoms with Crippen molar-refractivity contribution in [2.24, 2.45) is 24.8 Å². The van der Waals surface area contributed by atoms with Gasteiger partial charge in [0.1, 0.15) is 23.3 Å². The van der Waals surface area contributed by atoms with Crippen molar-refractivity contribution in [2.75, 3.05) is 6.54 Å². The van der Waals surface area contributed by atoms with Crippen molar-refractivity contribution in [3.05, 3.63) is 58.8 Å². The molecule has 222 valence electrons. The number of carboxylic acids is 1. The van der Waals surface area contributed by atoms with Crippen LogP contribution < -0.4 is 10.6 Å². The Bertz CT molecular complexity index is 1430. The zero-order valence-corrected chi connectivity index (χ0v) is 25.3. The van der Waals surface area contributed by atoms with E-state index in [9.17, 15) is 24.3 Å². The zero-order chi connectivity index (χ0) is 29.6. The Morgan fingerprint density at radius 1 is 1.21 bits per heavy atom. The SMILES string of the molecule is Cn1ccc(C(=O)N[C@@H]2C(=O)N3CC(OSc4ccc(Br)cc4)CC3C(=O)N[C@]3(C(=O)O)CC3/C=C\CCC3CC32)n1. The Balaban J connectivity index is 1.27. The number of rotatable bonds is 6. The Morgan fingerprint density at radius 3 is 2.71 bits per heavy atom. The maximum atomic E-state index is 14.2. The summed E-state index contributed by atoms with van der Waals surface area (Å²) in [6, 6.07) is 7.39. The number of hydrogen-bond acceptors (Lipinski definition) is 7. The highest BCUT2D eigenvalue weighted by Gasteiger charge is 2.61. The number of halogens is 1. The highest BCUT2D eigenvalue weighted by Crippen LogP contribution is 2.48. The van der Waals surface area contributed by atoms with E-state index >= 15 is 0 Å². The lowest BCUT2D eigenvalue weighted by Gasteiger charge is -2.29. The van der Waals surface area contributed by atoms with Crippen LogP contribution in [0.25, 0.3) is 0 Å². The van der Waals surface area contributed by atoms with Crippen LogP contribution in [0.15, 0.2) is 58.0 Å². The van der Waals surface area contributed by atoms with Crippen molar-refractivity contribution in [1.29, 1.82) is 0 Å². The molecule has 0 radical (unpaired) electrons. The number of hydrogen-bond donors (Lipinski definition) is 3. The van der Waals surface area contributed by atoms with E-state index in [2.05, 4.69) is 31.7 Å². The van der Waals surface area contributed by atoms with Gasteiger partial charge in [-0.3, -0.25) is 19.1 Å². The van der Waals surface area contributed by atoms with Gasteiger partial charge in [-0.05, 0) is 67.9 Å². The molecule has 3 fully saturated rings. The molecule has 1 aromatic heterocycles. The summed E-state index contributed by atoms with van der Waals surface area (Å²) in [6.45, 7) is 0.136. The number of amides is 3. The molecular formula is C29H32BrN5O6S. The van der Waals surface area contributed by atoms with Crippen molar-refractivity contribution in [1.82, 2.24) is 25.3 Å². The number of aryl methyl sites for hydroxylation is 1. The Morgan fingerprint density at radius 2 is 2.00 bits per heavy atom. The van der Waals surface area contributed by atoms with E-state index in [4.69, 9.17) is 4.18 Å². The molecule has 3 heterocycles. The molecule has 1 aromatic carbocycles. The summed E-state index contributed by atoms with van der Waals surface area (Å²) in [4.78, 5) is 55.6. The lowest BCUT2D eigenvalue weighted by Crippen LogP contribution is -2.57. The average Bonchev–Trinajstić information content (AvgIpc) is 3.76. The molecule has 7 atom stereocenters. The van der Waals surface area contributed by atoms with Crippen LogP contribution in [0.2, 0.25) is 0 Å². The zero-order valence-electron chi connectivity index (χ0n) is 22.9. The third-order valence-electron chi connectivity index (χ3n) is 8.66. The van der Waals surface area contributed by atoms with Crippen LogP contribution in [0.1, 0.15) is 42.6 Å². The van der Waals surface area contributed by atoms with Gasteiger partial charge in [-0.15, -0.1) is 0 Å². The first kappa shape index (κ1) is 28.9. The van der Waals surface area contributed by atoms with Crippen LogP contribution in [0.5, 0.6) is 0 Å². The second-order valence-corrected chi connectivity index (χ2v) is 13.3. The van der Waals surface area contributed by atoms with E-state index < -0.39 is 41.5 Å². The summed E-state index contributed by atoms with van der Waals surface area (Å²) in [7, 11) is 1.71. The molecule has 4 aliphatic rings. The van der Waals surface area contributed by atoms with Gasteiger partial charge in [-0.1, -0.05) is 28.1 Å². The van der Waals surface area contributed by atoms with Gasteiger partial charge in [0.2, 0.25) is 11.8 Å². The highest BCUT2D eigenvalue weighted by molar-refractivity contribution is 9.10. The molecule has 2 aliphatic heterocycles. The lowest BCUT2D eigenvalue weighted by molar-refractivity contribution is -0.145. The summed E-state index contributed by atoms with van der Waals surface area (Å²) >= 11 is 4.58. The fourth-order valence-electron chi connectivity index (χ4n) is 6.10. The number of benzene rings is 1. The third-order valence-corrected chi connectivity index (χ3v) is 10.0. The van der Waals surface area contributed by atoms with E-state index in [0.717, 1.165) is 40.7 Å². The minimum Gasteiger partial charge on any atom is -0.479 e. The smallest absolute Gasteiger partial charge is 0.330 e. The van der Waals surface area contributed by atoms with Crippen molar-refractivity contribution in [3.63, 3.8) is 0 Å². The number of carboxylic acid groups (broad SMARTS) is 1. The number of fused-ring (bicyclic) bond motifs is 3. The maximum Gasteiger partial charge on any atom is 0.330 e. The maximum absolute atomic E-state index is 14.2. The first-order valence-corrected chi connectivity index (χ1v) is 15.6. The molecule has 6 rings (SSSR count). The van der Waals surface area contributed by atoms with E-state index in [-0.39, 0.29) is 42.3 Å². The average molecular weight is 659 g/mol. The molecule has 2 aliphatic carbocycles. The van der Waals surface area contributed by atoms with Crippen LogP contribution in [-0.4, -0.2) is 73.7 Å². The minimum atomic E-state index is -1.38. The van der Waals surface area contributed by atoms with Crippen molar-refractivity contribution in [3.8, 4) is 0 Å². The van der Waals surface area contributed by atoms with Gasteiger partial charge in [0.15, 0.2) is 0 Å². The molecule has 3 amide bonds. The molecule has 13 heteroatoms. The predicted molar refractivity (Wildman–Crippen MR) is 156 cm³/mol. The predicted octanol–water partition coefficient (Wildman–Crippen LogP) is 2.92. The van der Waals surface area contributed by atoms with E-state index in [1.54, 1.807) is 19.3 Å². The number of carbonyl (C=O) groups is 4. The number of aromatic nitrogens is 2. The summed E-state index contributed by atoms with van der Waals surface area (Å²) in [6.07, 6.45) is 7.87. The lowest BCUT2D eigenvalue weighted by atomic mass is 10.0. The van der Waals surface area contributed by atoms with Crippen molar-refractivity contribution < 1.29 is 28.5 Å². The highest BCUT2D eigenvalue weighted by atomic mass is 79.9. The molecule has 42 heavy (non-hydrogen) atoms. The second-order valence-electron chi connectivity index (χ2n) is 11.6. The molecule has 1 saturated heterocycles. The van der Waals surface area contributed by atoms with Crippen LogP contribution in [0.3, 0.4) is 0 Å². The van der Waals surface area contributed by atoms with E-state index in [0.29, 0.717) is 6.42 Å². The van der Waals surface area contributed by atoms with Gasteiger partial charge in [-0.25, -0.2) is 4.79 Å². The van der Waals surface area contributed by atoms with Crippen LogP contribution in [0, 0.1) is 17.8 Å². The third kappa shape index (κ3) is 5.86. The van der Waals surface area contributed by atoms with Crippen LogP contribution in [-0.2, 0) is 25.6 Å². The molecule has 2 saturated carbocycles. The summed E-state index contributed by atoms with van der Waals surface area (Å²) in [5, 5.41) is 19.9.